The standard InChI is InChI=1S/C12H17FN2/c1-9-10(3-2-6-14-9)8-15-12-5-4-11(13)7-12/h2-3,6,11-12,15H,4-5,7-8H2,1H3/t11-,12-/m0/s1. The number of hydrogen-bond donors (Lipinski definition) is 1. The highest BCUT2D eigenvalue weighted by molar-refractivity contribution is 5.17. The quantitative estimate of drug-likeness (QED) is 0.825. The SMILES string of the molecule is Cc1ncccc1CN[C@H]1CC[C@H](F)C1. The Bertz CT molecular complexity index is 327. The van der Waals surface area contributed by atoms with E-state index in [2.05, 4.69) is 16.4 Å². The van der Waals surface area contributed by atoms with Crippen molar-refractivity contribution in [3.63, 3.8) is 0 Å². The van der Waals surface area contributed by atoms with Crippen molar-refractivity contribution < 1.29 is 4.39 Å². The van der Waals surface area contributed by atoms with Crippen LogP contribution in [0.25, 0.3) is 0 Å². The van der Waals surface area contributed by atoms with Crippen molar-refractivity contribution >= 4 is 0 Å². The Balaban J connectivity index is 1.86. The zero-order chi connectivity index (χ0) is 10.7. The summed E-state index contributed by atoms with van der Waals surface area (Å²) in [4.78, 5) is 4.23. The second-order valence-electron chi connectivity index (χ2n) is 4.24. The number of rotatable bonds is 3. The normalized spacial score (nSPS) is 25.7. The van der Waals surface area contributed by atoms with E-state index in [-0.39, 0.29) is 0 Å². The first-order chi connectivity index (χ1) is 7.25. The minimum atomic E-state index is -0.600. The second-order valence-corrected chi connectivity index (χ2v) is 4.24. The molecule has 0 bridgehead atoms. The van der Waals surface area contributed by atoms with Crippen LogP contribution in [0, 0.1) is 6.92 Å². The van der Waals surface area contributed by atoms with E-state index < -0.39 is 6.17 Å². The summed E-state index contributed by atoms with van der Waals surface area (Å²) in [5.74, 6) is 0. The third-order valence-corrected chi connectivity index (χ3v) is 3.07. The Morgan fingerprint density at radius 2 is 2.40 bits per heavy atom. The van der Waals surface area contributed by atoms with E-state index in [1.165, 1.54) is 5.56 Å². The topological polar surface area (TPSA) is 24.9 Å². The summed E-state index contributed by atoms with van der Waals surface area (Å²) in [6.45, 7) is 2.81. The average Bonchev–Trinajstić information content (AvgIpc) is 2.63. The summed E-state index contributed by atoms with van der Waals surface area (Å²) in [5.41, 5.74) is 2.26. The molecule has 2 nitrogen and oxygen atoms in total. The lowest BCUT2D eigenvalue weighted by Crippen LogP contribution is -2.26. The van der Waals surface area contributed by atoms with Crippen LogP contribution in [0.5, 0.6) is 0 Å². The van der Waals surface area contributed by atoms with Crippen LogP contribution in [-0.2, 0) is 6.54 Å². The molecule has 82 valence electrons. The fourth-order valence-electron chi connectivity index (χ4n) is 2.07. The summed E-state index contributed by atoms with van der Waals surface area (Å²) in [7, 11) is 0. The zero-order valence-electron chi connectivity index (χ0n) is 9.04. The molecule has 0 aliphatic heterocycles. The van der Waals surface area contributed by atoms with Gasteiger partial charge in [0.05, 0.1) is 0 Å². The van der Waals surface area contributed by atoms with Crippen LogP contribution in [0.4, 0.5) is 4.39 Å². The smallest absolute Gasteiger partial charge is 0.102 e. The Kier molecular flexibility index (Phi) is 3.31. The number of alkyl halides is 1. The molecule has 2 atom stereocenters. The van der Waals surface area contributed by atoms with Gasteiger partial charge >= 0.3 is 0 Å². The number of aryl methyl sites for hydroxylation is 1. The van der Waals surface area contributed by atoms with Crippen LogP contribution >= 0.6 is 0 Å². The Labute approximate surface area is 89.9 Å². The first kappa shape index (κ1) is 10.6. The number of aromatic nitrogens is 1. The summed E-state index contributed by atoms with van der Waals surface area (Å²) < 4.78 is 12.9. The van der Waals surface area contributed by atoms with Gasteiger partial charge in [-0.3, -0.25) is 4.98 Å². The van der Waals surface area contributed by atoms with Gasteiger partial charge in [0.25, 0.3) is 0 Å². The van der Waals surface area contributed by atoms with Crippen LogP contribution in [0.15, 0.2) is 18.3 Å². The Morgan fingerprint density at radius 1 is 1.53 bits per heavy atom. The lowest BCUT2D eigenvalue weighted by molar-refractivity contribution is 0.333. The second kappa shape index (κ2) is 4.71. The molecule has 0 radical (unpaired) electrons. The molecule has 0 unspecified atom stereocenters. The van der Waals surface area contributed by atoms with Crippen molar-refractivity contribution in [1.82, 2.24) is 10.3 Å². The van der Waals surface area contributed by atoms with Crippen LogP contribution in [0.2, 0.25) is 0 Å². The molecule has 0 aromatic carbocycles. The zero-order valence-corrected chi connectivity index (χ0v) is 9.04. The fraction of sp³-hybridized carbons (Fsp3) is 0.583. The van der Waals surface area contributed by atoms with Crippen LogP contribution < -0.4 is 5.32 Å². The molecule has 0 amide bonds. The highest BCUT2D eigenvalue weighted by Gasteiger charge is 2.23. The summed E-state index contributed by atoms with van der Waals surface area (Å²) in [6.07, 6.45) is 3.53. The van der Waals surface area contributed by atoms with Crippen molar-refractivity contribution in [3.8, 4) is 0 Å². The molecule has 2 rings (SSSR count). The van der Waals surface area contributed by atoms with Crippen molar-refractivity contribution in [2.75, 3.05) is 0 Å². The average molecular weight is 208 g/mol. The molecule has 1 heterocycles. The van der Waals surface area contributed by atoms with Gasteiger partial charge in [0.2, 0.25) is 0 Å². The number of halogens is 1. The maximum absolute atomic E-state index is 12.9. The van der Waals surface area contributed by atoms with Gasteiger partial charge in [0, 0.05) is 24.5 Å². The molecule has 3 heteroatoms. The molecule has 1 aliphatic carbocycles. The van der Waals surface area contributed by atoms with Gasteiger partial charge in [0.1, 0.15) is 6.17 Å². The van der Waals surface area contributed by atoms with Gasteiger partial charge in [-0.1, -0.05) is 6.07 Å². The fourth-order valence-corrected chi connectivity index (χ4v) is 2.07. The van der Waals surface area contributed by atoms with Gasteiger partial charge in [0.15, 0.2) is 0 Å². The van der Waals surface area contributed by atoms with Crippen LogP contribution in [0.1, 0.15) is 30.5 Å². The third kappa shape index (κ3) is 2.75. The van der Waals surface area contributed by atoms with E-state index in [9.17, 15) is 4.39 Å². The molecule has 1 saturated carbocycles. The first-order valence-corrected chi connectivity index (χ1v) is 5.53. The van der Waals surface area contributed by atoms with E-state index in [1.54, 1.807) is 6.20 Å². The predicted molar refractivity (Wildman–Crippen MR) is 58.3 cm³/mol. The molecule has 0 spiro atoms. The minimum Gasteiger partial charge on any atom is -0.310 e. The van der Waals surface area contributed by atoms with E-state index in [0.29, 0.717) is 18.9 Å². The molecule has 0 saturated heterocycles. The highest BCUT2D eigenvalue weighted by Crippen LogP contribution is 2.22. The monoisotopic (exact) mass is 208 g/mol. The maximum atomic E-state index is 12.9. The lowest BCUT2D eigenvalue weighted by atomic mass is 10.2. The summed E-state index contributed by atoms with van der Waals surface area (Å²) >= 11 is 0. The van der Waals surface area contributed by atoms with Gasteiger partial charge in [-0.2, -0.15) is 0 Å². The summed E-state index contributed by atoms with van der Waals surface area (Å²) in [5, 5.41) is 3.39. The van der Waals surface area contributed by atoms with Crippen molar-refractivity contribution in [1.29, 1.82) is 0 Å². The van der Waals surface area contributed by atoms with Gasteiger partial charge < -0.3 is 5.32 Å². The Morgan fingerprint density at radius 3 is 3.07 bits per heavy atom. The molecule has 15 heavy (non-hydrogen) atoms. The maximum Gasteiger partial charge on any atom is 0.102 e. The van der Waals surface area contributed by atoms with Crippen LogP contribution in [-0.4, -0.2) is 17.2 Å². The highest BCUT2D eigenvalue weighted by atomic mass is 19.1. The third-order valence-electron chi connectivity index (χ3n) is 3.07. The molecule has 1 fully saturated rings. The first-order valence-electron chi connectivity index (χ1n) is 5.53. The number of hydrogen-bond acceptors (Lipinski definition) is 2. The van der Waals surface area contributed by atoms with E-state index in [1.807, 2.05) is 13.0 Å². The minimum absolute atomic E-state index is 0.347. The molecule has 1 aromatic heterocycles. The molecule has 1 aliphatic rings. The molecule has 1 aromatic rings. The van der Waals surface area contributed by atoms with Crippen molar-refractivity contribution in [3.05, 3.63) is 29.6 Å². The number of nitrogens with zero attached hydrogens (tertiary/aromatic N) is 1. The van der Waals surface area contributed by atoms with Crippen molar-refractivity contribution in [2.45, 2.75) is 44.9 Å². The number of nitrogens with one attached hydrogen (secondary N) is 1. The molecular formula is C12H17FN2. The number of pyridine rings is 1. The van der Waals surface area contributed by atoms with E-state index in [0.717, 1.165) is 18.7 Å². The van der Waals surface area contributed by atoms with Gasteiger partial charge in [-0.05, 0) is 37.8 Å². The van der Waals surface area contributed by atoms with E-state index in [4.69, 9.17) is 0 Å². The van der Waals surface area contributed by atoms with E-state index >= 15 is 0 Å². The lowest BCUT2D eigenvalue weighted by Gasteiger charge is -2.12. The predicted octanol–water partition coefficient (Wildman–Crippen LogP) is 2.37. The van der Waals surface area contributed by atoms with Crippen LogP contribution in [0.3, 0.4) is 0 Å². The summed E-state index contributed by atoms with van der Waals surface area (Å²) in [6, 6.07) is 4.35. The molecular weight excluding hydrogens is 191 g/mol. The largest absolute Gasteiger partial charge is 0.310 e. The Hall–Kier alpha value is -0.960. The molecule has 1 N–H and O–H groups in total. The van der Waals surface area contributed by atoms with Crippen molar-refractivity contribution in [2.24, 2.45) is 0 Å². The van der Waals surface area contributed by atoms with Gasteiger partial charge in [-0.15, -0.1) is 0 Å². The van der Waals surface area contributed by atoms with Gasteiger partial charge in [-0.25, -0.2) is 4.39 Å².